The summed E-state index contributed by atoms with van der Waals surface area (Å²) in [4.78, 5) is 14.7. The minimum atomic E-state index is -0.195. The second kappa shape index (κ2) is 7.65. The molecule has 1 heterocycles. The molecule has 142 valence electrons. The van der Waals surface area contributed by atoms with E-state index in [0.717, 1.165) is 43.7 Å². The van der Waals surface area contributed by atoms with Gasteiger partial charge >= 0.3 is 0 Å². The number of nitrogens with zero attached hydrogens (tertiary/aromatic N) is 1. The minimum absolute atomic E-state index is 0.195. The standard InChI is InChI=1S/C21H30FN3O/c1-25(21(26)19-12-14-4-5-16(19)11-14)10-2-3-18-13-20(24-23-18)15-6-8-17(22)9-7-15/h6-9,14,16,18-20,23-24H,2-5,10-13H2,1H3. The molecule has 1 aromatic rings. The van der Waals surface area contributed by atoms with E-state index in [1.165, 1.54) is 31.4 Å². The summed E-state index contributed by atoms with van der Waals surface area (Å²) in [6.45, 7) is 0.839. The Kier molecular flexibility index (Phi) is 5.28. The number of benzene rings is 1. The highest BCUT2D eigenvalue weighted by Crippen LogP contribution is 2.48. The monoisotopic (exact) mass is 359 g/mol. The van der Waals surface area contributed by atoms with Crippen molar-refractivity contribution in [3.05, 3.63) is 35.6 Å². The molecule has 5 heteroatoms. The van der Waals surface area contributed by atoms with Crippen LogP contribution in [-0.2, 0) is 4.79 Å². The predicted octanol–water partition coefficient (Wildman–Crippen LogP) is 3.41. The van der Waals surface area contributed by atoms with Gasteiger partial charge in [0.2, 0.25) is 5.91 Å². The molecular weight excluding hydrogens is 329 g/mol. The molecule has 26 heavy (non-hydrogen) atoms. The van der Waals surface area contributed by atoms with Gasteiger partial charge in [-0.2, -0.15) is 0 Å². The lowest BCUT2D eigenvalue weighted by atomic mass is 9.88. The van der Waals surface area contributed by atoms with Gasteiger partial charge in [0.25, 0.3) is 0 Å². The van der Waals surface area contributed by atoms with Crippen LogP contribution in [0.15, 0.2) is 24.3 Å². The fourth-order valence-electron chi connectivity index (χ4n) is 5.24. The van der Waals surface area contributed by atoms with Crippen LogP contribution in [0.3, 0.4) is 0 Å². The second-order valence-corrected chi connectivity index (χ2v) is 8.51. The summed E-state index contributed by atoms with van der Waals surface area (Å²) in [5.41, 5.74) is 7.78. The van der Waals surface area contributed by atoms with Crippen LogP contribution in [0, 0.1) is 23.6 Å². The SMILES string of the molecule is CN(CCCC1CC(c2ccc(F)cc2)NN1)C(=O)C1CC2CCC1C2. The van der Waals surface area contributed by atoms with E-state index in [-0.39, 0.29) is 11.9 Å². The summed E-state index contributed by atoms with van der Waals surface area (Å²) in [6, 6.07) is 7.35. The molecule has 1 amide bonds. The van der Waals surface area contributed by atoms with Crippen molar-refractivity contribution in [3.63, 3.8) is 0 Å². The zero-order valence-electron chi connectivity index (χ0n) is 15.6. The van der Waals surface area contributed by atoms with Crippen molar-refractivity contribution >= 4 is 5.91 Å². The Labute approximate surface area is 155 Å². The molecule has 1 saturated heterocycles. The number of hydrogen-bond acceptors (Lipinski definition) is 3. The van der Waals surface area contributed by atoms with Gasteiger partial charge in [-0.15, -0.1) is 0 Å². The average molecular weight is 359 g/mol. The Morgan fingerprint density at radius 1 is 1.15 bits per heavy atom. The van der Waals surface area contributed by atoms with Crippen molar-refractivity contribution in [1.82, 2.24) is 15.8 Å². The molecule has 0 radical (unpaired) electrons. The molecule has 5 atom stereocenters. The number of amides is 1. The molecule has 1 aromatic carbocycles. The number of hydrazine groups is 1. The molecule has 2 N–H and O–H groups in total. The van der Waals surface area contributed by atoms with Gasteiger partial charge in [0.15, 0.2) is 0 Å². The van der Waals surface area contributed by atoms with E-state index in [4.69, 9.17) is 0 Å². The first-order valence-corrected chi connectivity index (χ1v) is 10.1. The van der Waals surface area contributed by atoms with E-state index in [9.17, 15) is 9.18 Å². The van der Waals surface area contributed by atoms with E-state index < -0.39 is 0 Å². The van der Waals surface area contributed by atoms with Gasteiger partial charge in [0, 0.05) is 31.6 Å². The highest BCUT2D eigenvalue weighted by Gasteiger charge is 2.43. The summed E-state index contributed by atoms with van der Waals surface area (Å²) in [7, 11) is 1.97. The predicted molar refractivity (Wildman–Crippen MR) is 99.6 cm³/mol. The molecule has 2 saturated carbocycles. The van der Waals surface area contributed by atoms with Crippen molar-refractivity contribution < 1.29 is 9.18 Å². The number of hydrogen-bond donors (Lipinski definition) is 2. The third-order valence-electron chi connectivity index (χ3n) is 6.73. The van der Waals surface area contributed by atoms with Crippen LogP contribution in [-0.4, -0.2) is 30.4 Å². The maximum absolute atomic E-state index is 13.1. The molecule has 4 nitrogen and oxygen atoms in total. The van der Waals surface area contributed by atoms with E-state index in [1.807, 2.05) is 24.1 Å². The van der Waals surface area contributed by atoms with E-state index in [1.54, 1.807) is 0 Å². The zero-order valence-corrected chi connectivity index (χ0v) is 15.6. The Morgan fingerprint density at radius 2 is 1.96 bits per heavy atom. The Balaban J connectivity index is 1.19. The van der Waals surface area contributed by atoms with Crippen LogP contribution in [0.25, 0.3) is 0 Å². The molecule has 2 bridgehead atoms. The van der Waals surface area contributed by atoms with Crippen LogP contribution in [0.1, 0.15) is 56.6 Å². The topological polar surface area (TPSA) is 44.4 Å². The second-order valence-electron chi connectivity index (χ2n) is 8.51. The lowest BCUT2D eigenvalue weighted by Gasteiger charge is -2.26. The van der Waals surface area contributed by atoms with Crippen molar-refractivity contribution in [2.24, 2.45) is 17.8 Å². The first kappa shape index (κ1) is 17.9. The molecule has 3 fully saturated rings. The smallest absolute Gasteiger partial charge is 0.225 e. The fourth-order valence-corrected chi connectivity index (χ4v) is 5.24. The lowest BCUT2D eigenvalue weighted by Crippen LogP contribution is -2.37. The van der Waals surface area contributed by atoms with Crippen molar-refractivity contribution in [2.75, 3.05) is 13.6 Å². The van der Waals surface area contributed by atoms with Gasteiger partial charge < -0.3 is 4.90 Å². The number of rotatable bonds is 6. The zero-order chi connectivity index (χ0) is 18.1. The summed E-state index contributed by atoms with van der Waals surface area (Å²) >= 11 is 0. The first-order chi connectivity index (χ1) is 12.6. The minimum Gasteiger partial charge on any atom is -0.346 e. The number of halogens is 1. The van der Waals surface area contributed by atoms with Crippen molar-refractivity contribution in [3.8, 4) is 0 Å². The van der Waals surface area contributed by atoms with Crippen LogP contribution < -0.4 is 10.9 Å². The van der Waals surface area contributed by atoms with Crippen LogP contribution >= 0.6 is 0 Å². The van der Waals surface area contributed by atoms with Crippen molar-refractivity contribution in [2.45, 2.75) is 57.0 Å². The van der Waals surface area contributed by atoms with E-state index in [2.05, 4.69) is 10.9 Å². The molecule has 2 aliphatic carbocycles. The van der Waals surface area contributed by atoms with Crippen LogP contribution in [0.5, 0.6) is 0 Å². The third-order valence-corrected chi connectivity index (χ3v) is 6.73. The average Bonchev–Trinajstić information content (AvgIpc) is 3.38. The maximum atomic E-state index is 13.1. The van der Waals surface area contributed by atoms with Gasteiger partial charge in [-0.05, 0) is 68.1 Å². The molecule has 1 aliphatic heterocycles. The molecule has 4 rings (SSSR count). The maximum Gasteiger partial charge on any atom is 0.225 e. The Bertz CT molecular complexity index is 635. The highest BCUT2D eigenvalue weighted by molar-refractivity contribution is 5.79. The summed E-state index contributed by atoms with van der Waals surface area (Å²) < 4.78 is 13.1. The lowest BCUT2D eigenvalue weighted by molar-refractivity contribution is -0.135. The van der Waals surface area contributed by atoms with E-state index in [0.29, 0.717) is 23.8 Å². The Hall–Kier alpha value is -1.46. The highest BCUT2D eigenvalue weighted by atomic mass is 19.1. The Morgan fingerprint density at radius 3 is 2.65 bits per heavy atom. The molecule has 5 unspecified atom stereocenters. The van der Waals surface area contributed by atoms with Gasteiger partial charge in [0.05, 0.1) is 0 Å². The summed E-state index contributed by atoms with van der Waals surface area (Å²) in [5.74, 6) is 1.96. The molecular formula is C21H30FN3O. The quantitative estimate of drug-likeness (QED) is 0.818. The largest absolute Gasteiger partial charge is 0.346 e. The number of fused-ring (bicyclic) bond motifs is 2. The van der Waals surface area contributed by atoms with Crippen molar-refractivity contribution in [1.29, 1.82) is 0 Å². The molecule has 0 spiro atoms. The third kappa shape index (κ3) is 3.79. The summed E-state index contributed by atoms with van der Waals surface area (Å²) in [5, 5.41) is 0. The van der Waals surface area contributed by atoms with Gasteiger partial charge in [-0.1, -0.05) is 18.6 Å². The molecule has 0 aromatic heterocycles. The fraction of sp³-hybridized carbons (Fsp3) is 0.667. The van der Waals surface area contributed by atoms with E-state index >= 15 is 0 Å². The number of carbonyl (C=O) groups excluding carboxylic acids is 1. The summed E-state index contributed by atoms with van der Waals surface area (Å²) in [6.07, 6.45) is 8.06. The normalized spacial score (nSPS) is 32.9. The number of carbonyl (C=O) groups is 1. The molecule has 3 aliphatic rings. The van der Waals surface area contributed by atoms with Gasteiger partial charge in [0.1, 0.15) is 5.82 Å². The number of nitrogens with one attached hydrogen (secondary N) is 2. The van der Waals surface area contributed by atoms with Crippen LogP contribution in [0.2, 0.25) is 0 Å². The van der Waals surface area contributed by atoms with Crippen LogP contribution in [0.4, 0.5) is 4.39 Å². The van der Waals surface area contributed by atoms with Gasteiger partial charge in [-0.3, -0.25) is 15.6 Å². The first-order valence-electron chi connectivity index (χ1n) is 10.1. The van der Waals surface area contributed by atoms with Gasteiger partial charge in [-0.25, -0.2) is 4.39 Å².